The summed E-state index contributed by atoms with van der Waals surface area (Å²) in [6, 6.07) is 2.45. The predicted molar refractivity (Wildman–Crippen MR) is 70.9 cm³/mol. The van der Waals surface area contributed by atoms with Gasteiger partial charge in [-0.15, -0.1) is 6.42 Å². The lowest BCUT2D eigenvalue weighted by Gasteiger charge is -2.17. The number of fused-ring (bicyclic) bond motifs is 1. The van der Waals surface area contributed by atoms with Gasteiger partial charge in [0.25, 0.3) is 0 Å². The Bertz CT molecular complexity index is 712. The Morgan fingerprint density at radius 3 is 2.26 bits per heavy atom. The first-order valence-electron chi connectivity index (χ1n) is 5.75. The van der Waals surface area contributed by atoms with Crippen LogP contribution in [0.5, 0.6) is 17.2 Å². The second kappa shape index (κ2) is 4.36. The van der Waals surface area contributed by atoms with E-state index >= 15 is 0 Å². The van der Waals surface area contributed by atoms with Gasteiger partial charge in [0.1, 0.15) is 5.82 Å². The van der Waals surface area contributed by atoms with Crippen molar-refractivity contribution < 1.29 is 19.7 Å². The summed E-state index contributed by atoms with van der Waals surface area (Å²) in [5.74, 6) is -0.183. The van der Waals surface area contributed by atoms with Crippen molar-refractivity contribution in [3.05, 3.63) is 29.1 Å². The van der Waals surface area contributed by atoms with Gasteiger partial charge in [0, 0.05) is 16.3 Å². The monoisotopic (exact) mass is 260 g/mol. The van der Waals surface area contributed by atoms with Gasteiger partial charge in [-0.3, -0.25) is 0 Å². The van der Waals surface area contributed by atoms with Crippen molar-refractivity contribution in [2.24, 2.45) is 0 Å². The molecule has 0 aromatic heterocycles. The Labute approximate surface area is 109 Å². The van der Waals surface area contributed by atoms with Gasteiger partial charge >= 0.3 is 0 Å². The number of hydrogen-bond acceptors (Lipinski definition) is 3. The Morgan fingerprint density at radius 1 is 1.11 bits per heavy atom. The summed E-state index contributed by atoms with van der Waals surface area (Å²) < 4.78 is 13.8. The molecular weight excluding hydrogens is 247 g/mol. The third-order valence-corrected chi connectivity index (χ3v) is 3.10. The van der Waals surface area contributed by atoms with Crippen molar-refractivity contribution in [1.82, 2.24) is 0 Å². The van der Waals surface area contributed by atoms with Gasteiger partial charge in [0.2, 0.25) is 5.75 Å². The fraction of sp³-hybridized carbons (Fsp3) is 0.200. The standard InChI is InChI=1S/C15H13FO3/c1-4-8-10(16)6-5-9-12(8)11(7(2)3)14(18)15(19)13(9)17/h1,5-7,17-19H,2-3H3. The van der Waals surface area contributed by atoms with Crippen LogP contribution in [0.15, 0.2) is 12.1 Å². The number of benzene rings is 2. The molecular formula is C15H13FO3. The Hall–Kier alpha value is -2.41. The SMILES string of the molecule is C#Cc1c(F)ccc2c(O)c(O)c(O)c(C(C)C)c12. The minimum atomic E-state index is -0.620. The van der Waals surface area contributed by atoms with Crippen molar-refractivity contribution in [3.8, 4) is 29.6 Å². The molecule has 3 nitrogen and oxygen atoms in total. The fourth-order valence-electron chi connectivity index (χ4n) is 2.24. The van der Waals surface area contributed by atoms with E-state index in [1.54, 1.807) is 13.8 Å². The van der Waals surface area contributed by atoms with Gasteiger partial charge in [0.05, 0.1) is 5.56 Å². The van der Waals surface area contributed by atoms with Crippen LogP contribution < -0.4 is 0 Å². The van der Waals surface area contributed by atoms with E-state index in [0.29, 0.717) is 5.56 Å². The Morgan fingerprint density at radius 2 is 1.74 bits per heavy atom. The maximum Gasteiger partial charge on any atom is 0.201 e. The van der Waals surface area contributed by atoms with Crippen LogP contribution in [0.4, 0.5) is 4.39 Å². The van der Waals surface area contributed by atoms with E-state index in [2.05, 4.69) is 5.92 Å². The molecule has 0 radical (unpaired) electrons. The highest BCUT2D eigenvalue weighted by atomic mass is 19.1. The molecule has 4 heteroatoms. The molecule has 0 spiro atoms. The van der Waals surface area contributed by atoms with E-state index in [-0.39, 0.29) is 22.3 Å². The van der Waals surface area contributed by atoms with Gasteiger partial charge in [-0.25, -0.2) is 4.39 Å². The molecule has 0 aliphatic carbocycles. The van der Waals surface area contributed by atoms with Gasteiger partial charge < -0.3 is 15.3 Å². The van der Waals surface area contributed by atoms with Crippen molar-refractivity contribution in [2.45, 2.75) is 19.8 Å². The molecule has 0 aliphatic heterocycles. The Kier molecular flexibility index (Phi) is 2.99. The lowest BCUT2D eigenvalue weighted by molar-refractivity contribution is 0.367. The molecule has 0 atom stereocenters. The van der Waals surface area contributed by atoms with Crippen LogP contribution in [0.25, 0.3) is 10.8 Å². The minimum absolute atomic E-state index is 0.0354. The molecule has 0 fully saturated rings. The van der Waals surface area contributed by atoms with Gasteiger partial charge in [-0.1, -0.05) is 19.8 Å². The zero-order chi connectivity index (χ0) is 14.3. The van der Waals surface area contributed by atoms with E-state index in [1.807, 2.05) is 0 Å². The summed E-state index contributed by atoms with van der Waals surface area (Å²) in [4.78, 5) is 0. The third kappa shape index (κ3) is 1.75. The molecule has 0 aliphatic rings. The van der Waals surface area contributed by atoms with Gasteiger partial charge in [-0.05, 0) is 18.1 Å². The van der Waals surface area contributed by atoms with Crippen LogP contribution in [-0.4, -0.2) is 15.3 Å². The van der Waals surface area contributed by atoms with E-state index in [9.17, 15) is 19.7 Å². The summed E-state index contributed by atoms with van der Waals surface area (Å²) in [6.45, 7) is 3.55. The quantitative estimate of drug-likeness (QED) is 0.545. The molecule has 0 amide bonds. The van der Waals surface area contributed by atoms with Crippen LogP contribution in [0.2, 0.25) is 0 Å². The highest BCUT2D eigenvalue weighted by Gasteiger charge is 2.23. The molecule has 2 rings (SSSR count). The molecule has 19 heavy (non-hydrogen) atoms. The normalized spacial score (nSPS) is 10.9. The number of halogens is 1. The largest absolute Gasteiger partial charge is 0.504 e. The van der Waals surface area contributed by atoms with E-state index in [4.69, 9.17) is 6.42 Å². The number of aromatic hydroxyl groups is 3. The van der Waals surface area contributed by atoms with Gasteiger partial charge in [-0.2, -0.15) is 0 Å². The molecule has 0 saturated heterocycles. The summed E-state index contributed by atoms with van der Waals surface area (Å²) in [5.41, 5.74) is 0.282. The molecule has 3 N–H and O–H groups in total. The number of terminal acetylenes is 1. The maximum absolute atomic E-state index is 13.8. The van der Waals surface area contributed by atoms with E-state index in [0.717, 1.165) is 6.07 Å². The van der Waals surface area contributed by atoms with Crippen molar-refractivity contribution in [3.63, 3.8) is 0 Å². The zero-order valence-electron chi connectivity index (χ0n) is 10.5. The van der Waals surface area contributed by atoms with Crippen LogP contribution in [0.1, 0.15) is 30.9 Å². The molecule has 0 saturated carbocycles. The van der Waals surface area contributed by atoms with Crippen LogP contribution in [0, 0.1) is 18.2 Å². The number of rotatable bonds is 1. The predicted octanol–water partition coefficient (Wildman–Crippen LogP) is 3.20. The van der Waals surface area contributed by atoms with Crippen LogP contribution in [0.3, 0.4) is 0 Å². The highest BCUT2D eigenvalue weighted by molar-refractivity contribution is 5.99. The molecule has 2 aromatic carbocycles. The average molecular weight is 260 g/mol. The van der Waals surface area contributed by atoms with Crippen molar-refractivity contribution in [1.29, 1.82) is 0 Å². The second-order valence-electron chi connectivity index (χ2n) is 4.60. The first-order valence-corrected chi connectivity index (χ1v) is 5.75. The number of phenolic OH excluding ortho intramolecular Hbond substituents is 3. The lowest BCUT2D eigenvalue weighted by Crippen LogP contribution is -1.96. The van der Waals surface area contributed by atoms with Crippen LogP contribution >= 0.6 is 0 Å². The summed E-state index contributed by atoms with van der Waals surface area (Å²) in [7, 11) is 0. The molecule has 2 aromatic rings. The minimum Gasteiger partial charge on any atom is -0.504 e. The number of phenols is 3. The molecule has 0 bridgehead atoms. The summed E-state index contributed by atoms with van der Waals surface area (Å²) in [5, 5.41) is 30.0. The smallest absolute Gasteiger partial charge is 0.201 e. The fourth-order valence-corrected chi connectivity index (χ4v) is 2.24. The maximum atomic E-state index is 13.8. The first kappa shape index (κ1) is 13.0. The topological polar surface area (TPSA) is 60.7 Å². The number of hydrogen-bond donors (Lipinski definition) is 3. The van der Waals surface area contributed by atoms with E-state index < -0.39 is 23.1 Å². The third-order valence-electron chi connectivity index (χ3n) is 3.10. The van der Waals surface area contributed by atoms with Gasteiger partial charge in [0.15, 0.2) is 11.5 Å². The molecule has 0 heterocycles. The Balaban J connectivity index is 3.15. The van der Waals surface area contributed by atoms with Crippen molar-refractivity contribution >= 4 is 10.8 Å². The lowest BCUT2D eigenvalue weighted by atomic mass is 9.90. The van der Waals surface area contributed by atoms with Crippen molar-refractivity contribution in [2.75, 3.05) is 0 Å². The zero-order valence-corrected chi connectivity index (χ0v) is 10.5. The highest BCUT2D eigenvalue weighted by Crippen LogP contribution is 2.48. The second-order valence-corrected chi connectivity index (χ2v) is 4.60. The molecule has 0 unspecified atom stereocenters. The first-order chi connectivity index (χ1) is 8.90. The average Bonchev–Trinajstić information content (AvgIpc) is 2.36. The van der Waals surface area contributed by atoms with Crippen LogP contribution in [-0.2, 0) is 0 Å². The summed E-state index contributed by atoms with van der Waals surface area (Å²) >= 11 is 0. The molecule has 98 valence electrons. The van der Waals surface area contributed by atoms with E-state index in [1.165, 1.54) is 6.07 Å². The summed E-state index contributed by atoms with van der Waals surface area (Å²) in [6.07, 6.45) is 5.31.